The average molecular weight is 308 g/mol. The summed E-state index contributed by atoms with van der Waals surface area (Å²) >= 11 is 1.40. The number of nitriles is 1. The number of ketones is 1. The van der Waals surface area contributed by atoms with Crippen LogP contribution in [0.15, 0.2) is 28.8 Å². The molecule has 0 saturated heterocycles. The topological polar surface area (TPSA) is 64.2 Å². The third kappa shape index (κ3) is 3.76. The summed E-state index contributed by atoms with van der Waals surface area (Å²) in [6.45, 7) is 1.70. The zero-order valence-corrected chi connectivity index (χ0v) is 13.7. The molecule has 1 aromatic rings. The number of aromatic nitrogens is 1. The molecule has 5 nitrogen and oxygen atoms in total. The van der Waals surface area contributed by atoms with E-state index in [1.165, 1.54) is 26.0 Å². The van der Waals surface area contributed by atoms with Gasteiger partial charge in [-0.2, -0.15) is 5.26 Å². The fraction of sp³-hybridized carbons (Fsp3) is 0.467. The molecule has 1 unspecified atom stereocenters. The first-order valence-electron chi connectivity index (χ1n) is 6.37. The van der Waals surface area contributed by atoms with Crippen molar-refractivity contribution in [3.05, 3.63) is 34.5 Å². The van der Waals surface area contributed by atoms with E-state index in [4.69, 9.17) is 9.47 Å². The Balaban J connectivity index is 3.26. The molecule has 1 rings (SSSR count). The molecule has 0 N–H and O–H groups in total. The minimum absolute atomic E-state index is 0.265. The van der Waals surface area contributed by atoms with Crippen LogP contribution in [0.25, 0.3) is 0 Å². The van der Waals surface area contributed by atoms with Crippen LogP contribution in [0.4, 0.5) is 0 Å². The van der Waals surface area contributed by atoms with Gasteiger partial charge in [-0.05, 0) is 25.3 Å². The van der Waals surface area contributed by atoms with Crippen LogP contribution < -0.4 is 0 Å². The fourth-order valence-corrected chi connectivity index (χ4v) is 2.95. The number of methoxy groups -OCH3 is 2. The number of hydrogen-bond acceptors (Lipinski definition) is 5. The van der Waals surface area contributed by atoms with Crippen molar-refractivity contribution in [1.82, 2.24) is 4.57 Å². The van der Waals surface area contributed by atoms with Crippen molar-refractivity contribution >= 4 is 17.5 Å². The van der Waals surface area contributed by atoms with Gasteiger partial charge in [0.2, 0.25) is 12.1 Å². The van der Waals surface area contributed by atoms with Crippen molar-refractivity contribution in [3.8, 4) is 6.07 Å². The lowest BCUT2D eigenvalue weighted by Gasteiger charge is -2.18. The quantitative estimate of drug-likeness (QED) is 0.572. The van der Waals surface area contributed by atoms with Crippen molar-refractivity contribution in [2.75, 3.05) is 20.5 Å². The molecule has 0 aliphatic heterocycles. The zero-order chi connectivity index (χ0) is 16.0. The SMILES string of the molecule is COC(OC)C(=O)/C(C)=C(/SC)C(C#N)c1cccn1C. The largest absolute Gasteiger partial charge is 0.353 e. The summed E-state index contributed by atoms with van der Waals surface area (Å²) in [5.41, 5.74) is 1.34. The maximum absolute atomic E-state index is 12.3. The van der Waals surface area contributed by atoms with Gasteiger partial charge in [-0.3, -0.25) is 4.79 Å². The summed E-state index contributed by atoms with van der Waals surface area (Å²) in [5, 5.41) is 9.52. The third-order valence-corrected chi connectivity index (χ3v) is 4.25. The van der Waals surface area contributed by atoms with E-state index >= 15 is 0 Å². The number of aryl methyl sites for hydroxylation is 1. The molecule has 1 atom stereocenters. The second kappa shape index (κ2) is 8.03. The predicted octanol–water partition coefficient (Wildman–Crippen LogP) is 2.46. The molecule has 0 fully saturated rings. The van der Waals surface area contributed by atoms with E-state index in [0.29, 0.717) is 10.5 Å². The minimum atomic E-state index is -0.945. The molecule has 0 aromatic carbocycles. The van der Waals surface area contributed by atoms with Crippen molar-refractivity contribution in [2.45, 2.75) is 19.1 Å². The van der Waals surface area contributed by atoms with E-state index in [1.807, 2.05) is 36.2 Å². The zero-order valence-electron chi connectivity index (χ0n) is 12.9. The van der Waals surface area contributed by atoms with Gasteiger partial charge in [0.15, 0.2) is 0 Å². The lowest BCUT2D eigenvalue weighted by molar-refractivity contribution is -0.152. The Morgan fingerprint density at radius 2 is 2.05 bits per heavy atom. The third-order valence-electron chi connectivity index (χ3n) is 3.27. The molecule has 6 heteroatoms. The highest BCUT2D eigenvalue weighted by atomic mass is 32.2. The van der Waals surface area contributed by atoms with E-state index in [1.54, 1.807) is 6.92 Å². The average Bonchev–Trinajstić information content (AvgIpc) is 2.91. The molecule has 0 radical (unpaired) electrons. The molecule has 0 saturated carbocycles. The van der Waals surface area contributed by atoms with Gasteiger partial charge in [-0.1, -0.05) is 0 Å². The number of rotatable bonds is 7. The molecule has 0 aliphatic rings. The number of allylic oxidation sites excluding steroid dienone is 1. The summed E-state index contributed by atoms with van der Waals surface area (Å²) in [6.07, 6.45) is 2.79. The van der Waals surface area contributed by atoms with Gasteiger partial charge in [0, 0.05) is 43.6 Å². The van der Waals surface area contributed by atoms with Gasteiger partial charge in [-0.15, -0.1) is 11.8 Å². The first-order valence-corrected chi connectivity index (χ1v) is 7.59. The molecule has 0 spiro atoms. The molecule has 0 amide bonds. The van der Waals surface area contributed by atoms with Crippen LogP contribution >= 0.6 is 11.8 Å². The van der Waals surface area contributed by atoms with Crippen LogP contribution in [-0.2, 0) is 21.3 Å². The van der Waals surface area contributed by atoms with Crippen molar-refractivity contribution in [2.24, 2.45) is 7.05 Å². The van der Waals surface area contributed by atoms with Crippen LogP contribution in [0.1, 0.15) is 18.5 Å². The highest BCUT2D eigenvalue weighted by Crippen LogP contribution is 2.34. The van der Waals surface area contributed by atoms with Gasteiger partial charge < -0.3 is 14.0 Å². The first kappa shape index (κ1) is 17.5. The molecule has 0 bridgehead atoms. The van der Waals surface area contributed by atoms with Crippen LogP contribution in [0.3, 0.4) is 0 Å². The van der Waals surface area contributed by atoms with Crippen LogP contribution in [0.5, 0.6) is 0 Å². The Labute approximate surface area is 129 Å². The van der Waals surface area contributed by atoms with Crippen molar-refractivity contribution in [1.29, 1.82) is 5.26 Å². The smallest absolute Gasteiger partial charge is 0.221 e. The van der Waals surface area contributed by atoms with Crippen LogP contribution in [-0.4, -0.2) is 37.1 Å². The monoisotopic (exact) mass is 308 g/mol. The maximum atomic E-state index is 12.3. The molecule has 1 heterocycles. The lowest BCUT2D eigenvalue weighted by Crippen LogP contribution is -2.26. The summed E-state index contributed by atoms with van der Waals surface area (Å²) in [4.78, 5) is 13.1. The second-order valence-corrected chi connectivity index (χ2v) is 5.32. The Morgan fingerprint density at radius 3 is 2.43 bits per heavy atom. The van der Waals surface area contributed by atoms with Gasteiger partial charge in [0.05, 0.1) is 6.07 Å². The molecule has 21 heavy (non-hydrogen) atoms. The van der Waals surface area contributed by atoms with E-state index in [9.17, 15) is 10.1 Å². The van der Waals surface area contributed by atoms with Gasteiger partial charge in [0.1, 0.15) is 5.92 Å². The van der Waals surface area contributed by atoms with Gasteiger partial charge >= 0.3 is 0 Å². The number of nitrogens with zero attached hydrogens (tertiary/aromatic N) is 2. The number of carbonyl (C=O) groups is 1. The van der Waals surface area contributed by atoms with Crippen LogP contribution in [0.2, 0.25) is 0 Å². The van der Waals surface area contributed by atoms with Gasteiger partial charge in [0.25, 0.3) is 0 Å². The number of Topliss-reactive ketones (excluding diaryl/α,β-unsaturated/α-hetero) is 1. The maximum Gasteiger partial charge on any atom is 0.221 e. The fourth-order valence-electron chi connectivity index (χ4n) is 2.13. The summed E-state index contributed by atoms with van der Waals surface area (Å²) < 4.78 is 11.9. The molecule has 0 aliphatic carbocycles. The van der Waals surface area contributed by atoms with Crippen molar-refractivity contribution < 1.29 is 14.3 Å². The number of carbonyl (C=O) groups excluding carboxylic acids is 1. The van der Waals surface area contributed by atoms with Crippen molar-refractivity contribution in [3.63, 3.8) is 0 Å². The highest BCUT2D eigenvalue weighted by Gasteiger charge is 2.26. The van der Waals surface area contributed by atoms with Crippen LogP contribution in [0, 0.1) is 11.3 Å². The Kier molecular flexibility index (Phi) is 6.69. The Hall–Kier alpha value is -1.55. The predicted molar refractivity (Wildman–Crippen MR) is 82.8 cm³/mol. The number of ether oxygens (including phenoxy) is 2. The van der Waals surface area contributed by atoms with E-state index in [0.717, 1.165) is 5.69 Å². The van der Waals surface area contributed by atoms with Gasteiger partial charge in [-0.25, -0.2) is 0 Å². The van der Waals surface area contributed by atoms with E-state index < -0.39 is 12.2 Å². The molecule has 1 aromatic heterocycles. The lowest BCUT2D eigenvalue weighted by atomic mass is 10.0. The highest BCUT2D eigenvalue weighted by molar-refractivity contribution is 8.02. The summed E-state index contributed by atoms with van der Waals surface area (Å²) in [5.74, 6) is -0.753. The first-order chi connectivity index (χ1) is 10.0. The minimum Gasteiger partial charge on any atom is -0.353 e. The number of hydrogen-bond donors (Lipinski definition) is 0. The Bertz CT molecular complexity index is 568. The van der Waals surface area contributed by atoms with E-state index in [2.05, 4.69) is 6.07 Å². The molecular formula is C15H20N2O3S. The number of thioether (sulfide) groups is 1. The Morgan fingerprint density at radius 1 is 1.43 bits per heavy atom. The normalized spacial score (nSPS) is 13.8. The second-order valence-electron chi connectivity index (χ2n) is 4.47. The molecular weight excluding hydrogens is 288 g/mol. The standard InChI is InChI=1S/C15H20N2O3S/c1-10(13(18)15(19-3)20-4)14(21-5)11(9-16)12-7-6-8-17(12)2/h6-8,11,15H,1-5H3/b14-10+. The summed E-state index contributed by atoms with van der Waals surface area (Å²) in [7, 11) is 4.70. The summed E-state index contributed by atoms with van der Waals surface area (Å²) in [6, 6.07) is 6.03. The van der Waals surface area contributed by atoms with E-state index in [-0.39, 0.29) is 5.78 Å². The molecule has 114 valence electrons.